The van der Waals surface area contributed by atoms with Crippen LogP contribution in [0, 0.1) is 16.0 Å². The van der Waals surface area contributed by atoms with Gasteiger partial charge >= 0.3 is 11.7 Å². The molecule has 1 unspecified atom stereocenters. The minimum atomic E-state index is -0.505. The first-order valence-electron chi connectivity index (χ1n) is 6.60. The van der Waals surface area contributed by atoms with E-state index >= 15 is 0 Å². The highest BCUT2D eigenvalue weighted by atomic mass is 16.6. The first kappa shape index (κ1) is 15.9. The third-order valence-corrected chi connectivity index (χ3v) is 2.76. The van der Waals surface area contributed by atoms with Gasteiger partial charge in [0, 0.05) is 18.8 Å². The van der Waals surface area contributed by atoms with Crippen molar-refractivity contribution < 1.29 is 14.5 Å². The lowest BCUT2D eigenvalue weighted by Crippen LogP contribution is -2.25. The number of hydrogen-bond acceptors (Lipinski definition) is 6. The molecule has 7 nitrogen and oxygen atoms in total. The Kier molecular flexibility index (Phi) is 6.42. The number of nitro groups is 1. The summed E-state index contributed by atoms with van der Waals surface area (Å²) < 4.78 is 4.99. The van der Waals surface area contributed by atoms with Crippen LogP contribution >= 0.6 is 0 Å². The molecule has 110 valence electrons. The van der Waals surface area contributed by atoms with Crippen LogP contribution in [0.1, 0.15) is 26.7 Å². The summed E-state index contributed by atoms with van der Waals surface area (Å²) in [5.41, 5.74) is -0.105. The summed E-state index contributed by atoms with van der Waals surface area (Å²) in [6, 6.07) is 2.87. The molecule has 0 aliphatic carbocycles. The van der Waals surface area contributed by atoms with Gasteiger partial charge in [-0.2, -0.15) is 0 Å². The van der Waals surface area contributed by atoms with E-state index in [-0.39, 0.29) is 29.9 Å². The predicted octanol–water partition coefficient (Wildman–Crippen LogP) is 2.38. The van der Waals surface area contributed by atoms with Crippen LogP contribution in [0.15, 0.2) is 18.3 Å². The molecule has 0 fully saturated rings. The van der Waals surface area contributed by atoms with E-state index in [1.165, 1.54) is 18.3 Å². The Morgan fingerprint density at radius 3 is 2.90 bits per heavy atom. The summed E-state index contributed by atoms with van der Waals surface area (Å²) in [5, 5.41) is 13.7. The van der Waals surface area contributed by atoms with Crippen LogP contribution in [0.2, 0.25) is 0 Å². The molecular weight excluding hydrogens is 262 g/mol. The van der Waals surface area contributed by atoms with Crippen molar-refractivity contribution in [1.82, 2.24) is 4.98 Å². The lowest BCUT2D eigenvalue weighted by molar-refractivity contribution is -0.384. The molecule has 1 aromatic rings. The normalized spacial score (nSPS) is 11.7. The number of rotatable bonds is 8. The number of carbonyl (C=O) groups is 1. The Bertz CT molecular complexity index is 465. The molecular formula is C13H19N3O4. The molecule has 0 aromatic carbocycles. The van der Waals surface area contributed by atoms with Gasteiger partial charge in [0.15, 0.2) is 0 Å². The Hall–Kier alpha value is -2.18. The fourth-order valence-electron chi connectivity index (χ4n) is 1.81. The molecule has 1 aromatic heterocycles. The molecule has 1 N–H and O–H groups in total. The van der Waals surface area contributed by atoms with Crippen LogP contribution in [0.25, 0.3) is 0 Å². The van der Waals surface area contributed by atoms with Crippen LogP contribution in [-0.2, 0) is 9.53 Å². The lowest BCUT2D eigenvalue weighted by atomic mass is 10.0. The van der Waals surface area contributed by atoms with Gasteiger partial charge in [0.1, 0.15) is 0 Å². The van der Waals surface area contributed by atoms with Gasteiger partial charge in [-0.1, -0.05) is 13.3 Å². The van der Waals surface area contributed by atoms with Crippen molar-refractivity contribution in [1.29, 1.82) is 0 Å². The standard InChI is InChI=1S/C13H19N3O4/c1-3-6-10(13(17)20-4-2)9-15-12-11(16(18)19)7-5-8-14-12/h5,7-8,10H,3-4,6,9H2,1-2H3,(H,14,15). The molecule has 0 saturated heterocycles. The second-order valence-electron chi connectivity index (χ2n) is 4.25. The SMILES string of the molecule is CCCC(CNc1ncccc1[N+](=O)[O-])C(=O)OCC. The van der Waals surface area contributed by atoms with Crippen molar-refractivity contribution in [2.45, 2.75) is 26.7 Å². The molecule has 1 rings (SSSR count). The van der Waals surface area contributed by atoms with Crippen LogP contribution in [-0.4, -0.2) is 29.0 Å². The molecule has 0 spiro atoms. The molecule has 0 aliphatic heterocycles. The number of pyridine rings is 1. The van der Waals surface area contributed by atoms with Gasteiger partial charge in [-0.15, -0.1) is 0 Å². The predicted molar refractivity (Wildman–Crippen MR) is 74.4 cm³/mol. The van der Waals surface area contributed by atoms with E-state index in [4.69, 9.17) is 4.74 Å². The van der Waals surface area contributed by atoms with Gasteiger partial charge in [0.2, 0.25) is 5.82 Å². The molecule has 20 heavy (non-hydrogen) atoms. The summed E-state index contributed by atoms with van der Waals surface area (Å²) in [7, 11) is 0. The maximum absolute atomic E-state index is 11.8. The summed E-state index contributed by atoms with van der Waals surface area (Å²) in [6.07, 6.45) is 2.95. The molecule has 0 aliphatic rings. The molecule has 7 heteroatoms. The van der Waals surface area contributed by atoms with Crippen molar-refractivity contribution in [3.8, 4) is 0 Å². The zero-order valence-corrected chi connectivity index (χ0v) is 11.7. The topological polar surface area (TPSA) is 94.4 Å². The van der Waals surface area contributed by atoms with Gasteiger partial charge in [-0.25, -0.2) is 4.98 Å². The Morgan fingerprint density at radius 2 is 2.30 bits per heavy atom. The molecule has 1 heterocycles. The van der Waals surface area contributed by atoms with Crippen LogP contribution in [0.3, 0.4) is 0 Å². The van der Waals surface area contributed by atoms with Crippen molar-refractivity contribution in [3.05, 3.63) is 28.4 Å². The van der Waals surface area contributed by atoms with Gasteiger partial charge in [0.25, 0.3) is 0 Å². The van der Waals surface area contributed by atoms with Gasteiger partial charge in [0.05, 0.1) is 17.4 Å². The first-order valence-corrected chi connectivity index (χ1v) is 6.60. The number of ether oxygens (including phenoxy) is 1. The number of nitrogens with one attached hydrogen (secondary N) is 1. The smallest absolute Gasteiger partial charge is 0.311 e. The Morgan fingerprint density at radius 1 is 1.55 bits per heavy atom. The number of aromatic nitrogens is 1. The number of anilines is 1. The van der Waals surface area contributed by atoms with Gasteiger partial charge in [-0.05, 0) is 19.4 Å². The quantitative estimate of drug-likeness (QED) is 0.446. The fraction of sp³-hybridized carbons (Fsp3) is 0.538. The molecule has 0 amide bonds. The monoisotopic (exact) mass is 281 g/mol. The van der Waals surface area contributed by atoms with E-state index in [0.29, 0.717) is 13.0 Å². The molecule has 0 bridgehead atoms. The molecule has 0 saturated carbocycles. The minimum Gasteiger partial charge on any atom is -0.466 e. The van der Waals surface area contributed by atoms with E-state index in [1.807, 2.05) is 6.92 Å². The summed E-state index contributed by atoms with van der Waals surface area (Å²) in [4.78, 5) is 26.0. The highest BCUT2D eigenvalue weighted by molar-refractivity contribution is 5.73. The van der Waals surface area contributed by atoms with E-state index in [2.05, 4.69) is 10.3 Å². The molecule has 1 atom stereocenters. The number of carbonyl (C=O) groups excluding carboxylic acids is 1. The first-order chi connectivity index (χ1) is 9.60. The average molecular weight is 281 g/mol. The summed E-state index contributed by atoms with van der Waals surface area (Å²) in [5.74, 6) is -0.454. The Labute approximate surface area is 117 Å². The van der Waals surface area contributed by atoms with Crippen LogP contribution < -0.4 is 5.32 Å². The third kappa shape index (κ3) is 4.49. The highest BCUT2D eigenvalue weighted by Crippen LogP contribution is 2.21. The van der Waals surface area contributed by atoms with Crippen molar-refractivity contribution >= 4 is 17.5 Å². The fourth-order valence-corrected chi connectivity index (χ4v) is 1.81. The van der Waals surface area contributed by atoms with Crippen LogP contribution in [0.5, 0.6) is 0 Å². The zero-order valence-electron chi connectivity index (χ0n) is 11.7. The average Bonchev–Trinajstić information content (AvgIpc) is 2.43. The second-order valence-corrected chi connectivity index (χ2v) is 4.25. The molecule has 0 radical (unpaired) electrons. The highest BCUT2D eigenvalue weighted by Gasteiger charge is 2.21. The van der Waals surface area contributed by atoms with Crippen molar-refractivity contribution in [2.24, 2.45) is 5.92 Å². The summed E-state index contributed by atoms with van der Waals surface area (Å²) >= 11 is 0. The minimum absolute atomic E-state index is 0.105. The van der Waals surface area contributed by atoms with Crippen molar-refractivity contribution in [3.63, 3.8) is 0 Å². The summed E-state index contributed by atoms with van der Waals surface area (Å²) in [6.45, 7) is 4.31. The second kappa shape index (κ2) is 8.08. The van der Waals surface area contributed by atoms with E-state index in [0.717, 1.165) is 6.42 Å². The zero-order chi connectivity index (χ0) is 15.0. The van der Waals surface area contributed by atoms with Gasteiger partial charge in [-0.3, -0.25) is 14.9 Å². The number of esters is 1. The Balaban J connectivity index is 2.72. The number of hydrogen-bond donors (Lipinski definition) is 1. The van der Waals surface area contributed by atoms with E-state index in [9.17, 15) is 14.9 Å². The van der Waals surface area contributed by atoms with E-state index < -0.39 is 4.92 Å². The number of nitrogens with zero attached hydrogens (tertiary/aromatic N) is 2. The third-order valence-electron chi connectivity index (χ3n) is 2.76. The maximum Gasteiger partial charge on any atom is 0.311 e. The van der Waals surface area contributed by atoms with Gasteiger partial charge < -0.3 is 10.1 Å². The van der Waals surface area contributed by atoms with Crippen molar-refractivity contribution in [2.75, 3.05) is 18.5 Å². The largest absolute Gasteiger partial charge is 0.466 e. The maximum atomic E-state index is 11.8. The van der Waals surface area contributed by atoms with E-state index in [1.54, 1.807) is 6.92 Å². The van der Waals surface area contributed by atoms with Crippen LogP contribution in [0.4, 0.5) is 11.5 Å². The lowest BCUT2D eigenvalue weighted by Gasteiger charge is -2.15.